The molecule has 224 valence electrons. The fourth-order valence-corrected chi connectivity index (χ4v) is 9.20. The SMILES string of the molecule is CC(=O)OC1CC(=O)N1c1ccc2c(c1)[C@]1(O[C@@H](CC(=O)N(CCO)Cc3ccccc3)[C@H]([Si](C)(C)F)[C@H]1C)C(=O)N2. The molecule has 0 aliphatic carbocycles. The number of carbonyl (C=O) groups excluding carboxylic acids is 4. The summed E-state index contributed by atoms with van der Waals surface area (Å²) in [7, 11) is -3.51. The molecule has 3 heterocycles. The number of carbonyl (C=O) groups is 4. The molecule has 1 unspecified atom stereocenters. The van der Waals surface area contributed by atoms with Crippen molar-refractivity contribution in [1.29, 1.82) is 0 Å². The first-order valence-corrected chi connectivity index (χ1v) is 17.1. The second kappa shape index (κ2) is 11.2. The summed E-state index contributed by atoms with van der Waals surface area (Å²) in [5.74, 6) is -2.16. The van der Waals surface area contributed by atoms with Gasteiger partial charge in [-0.1, -0.05) is 37.3 Å². The van der Waals surface area contributed by atoms with Crippen LogP contribution in [0.5, 0.6) is 0 Å². The number of rotatable bonds is 9. The number of hydrogen-bond acceptors (Lipinski definition) is 7. The molecule has 12 heteroatoms. The highest BCUT2D eigenvalue weighted by Gasteiger charge is 2.65. The molecule has 2 aromatic rings. The Morgan fingerprint density at radius 1 is 1.21 bits per heavy atom. The minimum Gasteiger partial charge on any atom is -0.441 e. The number of nitrogens with zero attached hydrogens (tertiary/aromatic N) is 2. The van der Waals surface area contributed by atoms with Crippen molar-refractivity contribution in [2.75, 3.05) is 23.4 Å². The number of aliphatic hydroxyl groups excluding tert-OH is 1. The van der Waals surface area contributed by atoms with Crippen LogP contribution in [0.2, 0.25) is 18.6 Å². The summed E-state index contributed by atoms with van der Waals surface area (Å²) in [5.41, 5.74) is -0.0427. The van der Waals surface area contributed by atoms with Crippen molar-refractivity contribution < 1.29 is 37.9 Å². The summed E-state index contributed by atoms with van der Waals surface area (Å²) in [5, 5.41) is 12.5. The molecule has 3 amide bonds. The molecule has 5 rings (SSSR count). The lowest BCUT2D eigenvalue weighted by atomic mass is 9.82. The third-order valence-corrected chi connectivity index (χ3v) is 11.0. The van der Waals surface area contributed by atoms with E-state index in [0.29, 0.717) is 16.9 Å². The molecular weight excluding hydrogens is 561 g/mol. The van der Waals surface area contributed by atoms with E-state index in [2.05, 4.69) is 5.32 Å². The van der Waals surface area contributed by atoms with Gasteiger partial charge in [-0.3, -0.25) is 24.1 Å². The van der Waals surface area contributed by atoms with E-state index in [-0.39, 0.29) is 44.4 Å². The number of hydrogen-bond donors (Lipinski definition) is 2. The summed E-state index contributed by atoms with van der Waals surface area (Å²) < 4.78 is 27.8. The fourth-order valence-electron chi connectivity index (χ4n) is 6.71. The summed E-state index contributed by atoms with van der Waals surface area (Å²) in [6, 6.07) is 14.3. The molecule has 1 spiro atoms. The summed E-state index contributed by atoms with van der Waals surface area (Å²) in [6.07, 6.45) is -1.76. The molecule has 2 aromatic carbocycles. The van der Waals surface area contributed by atoms with E-state index in [9.17, 15) is 24.3 Å². The second-order valence-corrected chi connectivity index (χ2v) is 15.5. The van der Waals surface area contributed by atoms with Crippen molar-refractivity contribution in [1.82, 2.24) is 4.90 Å². The Morgan fingerprint density at radius 2 is 1.93 bits per heavy atom. The van der Waals surface area contributed by atoms with Crippen LogP contribution >= 0.6 is 0 Å². The number of aliphatic hydroxyl groups is 1. The van der Waals surface area contributed by atoms with E-state index in [1.807, 2.05) is 30.3 Å². The Labute approximate surface area is 244 Å². The highest BCUT2D eigenvalue weighted by molar-refractivity contribution is 6.72. The number of esters is 1. The van der Waals surface area contributed by atoms with Gasteiger partial charge >= 0.3 is 5.97 Å². The van der Waals surface area contributed by atoms with Crippen LogP contribution in [0.25, 0.3) is 0 Å². The number of ether oxygens (including phenoxy) is 2. The van der Waals surface area contributed by atoms with Crippen LogP contribution in [-0.2, 0) is 40.8 Å². The van der Waals surface area contributed by atoms with Gasteiger partial charge in [0.1, 0.15) is 0 Å². The Hall–Kier alpha value is -3.61. The van der Waals surface area contributed by atoms with Gasteiger partial charge < -0.3 is 28.9 Å². The third kappa shape index (κ3) is 5.22. The van der Waals surface area contributed by atoms with Gasteiger partial charge in [-0.05, 0) is 36.9 Å². The molecule has 10 nitrogen and oxygen atoms in total. The van der Waals surface area contributed by atoms with Crippen LogP contribution in [0.15, 0.2) is 48.5 Å². The predicted molar refractivity (Wildman–Crippen MR) is 154 cm³/mol. The van der Waals surface area contributed by atoms with Gasteiger partial charge in [-0.25, -0.2) is 0 Å². The van der Waals surface area contributed by atoms with Crippen molar-refractivity contribution in [3.05, 3.63) is 59.7 Å². The van der Waals surface area contributed by atoms with Crippen molar-refractivity contribution in [2.45, 2.75) is 69.8 Å². The smallest absolute Gasteiger partial charge is 0.304 e. The average Bonchev–Trinajstić information content (AvgIpc) is 3.36. The first-order chi connectivity index (χ1) is 19.9. The third-order valence-electron chi connectivity index (χ3n) is 8.50. The molecular formula is C30H36FN3O7Si. The Balaban J connectivity index is 1.47. The lowest BCUT2D eigenvalue weighted by Gasteiger charge is -2.39. The monoisotopic (exact) mass is 597 g/mol. The molecule has 2 fully saturated rings. The maximum atomic E-state index is 16.0. The Bertz CT molecular complexity index is 1400. The molecule has 42 heavy (non-hydrogen) atoms. The van der Waals surface area contributed by atoms with E-state index in [0.717, 1.165) is 5.56 Å². The summed E-state index contributed by atoms with van der Waals surface area (Å²) in [6.45, 7) is 6.28. The van der Waals surface area contributed by atoms with E-state index in [4.69, 9.17) is 9.47 Å². The molecule has 0 bridgehead atoms. The topological polar surface area (TPSA) is 125 Å². The summed E-state index contributed by atoms with van der Waals surface area (Å²) >= 11 is 0. The Morgan fingerprint density at radius 3 is 2.55 bits per heavy atom. The Kier molecular flexibility index (Phi) is 7.99. The first-order valence-electron chi connectivity index (χ1n) is 14.1. The number of β-lactam (4-membered cyclic amide) rings is 1. The predicted octanol–water partition coefficient (Wildman–Crippen LogP) is 3.45. The zero-order chi connectivity index (χ0) is 30.4. The van der Waals surface area contributed by atoms with Crippen molar-refractivity contribution in [3.8, 4) is 0 Å². The normalized spacial score (nSPS) is 26.6. The number of amides is 3. The standard InChI is InChI=1S/C30H36FN3O7Si/c1-18-28(42(3,4)31)24(15-25(37)33(12-13-35)17-20-8-6-5-7-9-20)41-30(18)22-14-21(10-11-23(22)32-29(30)39)34-26(38)16-27(34)40-19(2)36/h5-11,14,18,24,27-28,35H,12-13,15-17H2,1-4H3,(H,32,39)/t18-,24+,27?,28-,30+/m1/s1. The molecule has 2 N–H and O–H groups in total. The number of benzene rings is 2. The molecule has 0 radical (unpaired) electrons. The minimum atomic E-state index is -3.51. The van der Waals surface area contributed by atoms with Gasteiger partial charge in [0.2, 0.25) is 20.2 Å². The molecule has 3 aliphatic rings. The lowest BCUT2D eigenvalue weighted by molar-refractivity contribution is -0.154. The molecule has 2 saturated heterocycles. The van der Waals surface area contributed by atoms with Crippen molar-refractivity contribution in [2.24, 2.45) is 5.92 Å². The van der Waals surface area contributed by atoms with Crippen LogP contribution in [0.3, 0.4) is 0 Å². The van der Waals surface area contributed by atoms with E-state index in [1.54, 1.807) is 38.2 Å². The van der Waals surface area contributed by atoms with Gasteiger partial charge in [0.25, 0.3) is 5.91 Å². The van der Waals surface area contributed by atoms with Crippen LogP contribution < -0.4 is 10.2 Å². The van der Waals surface area contributed by atoms with E-state index < -0.39 is 49.7 Å². The quantitative estimate of drug-likeness (QED) is 0.196. The van der Waals surface area contributed by atoms with E-state index >= 15 is 4.11 Å². The zero-order valence-electron chi connectivity index (χ0n) is 24.1. The molecule has 0 saturated carbocycles. The largest absolute Gasteiger partial charge is 0.441 e. The van der Waals surface area contributed by atoms with Gasteiger partial charge in [0.05, 0.1) is 25.6 Å². The number of anilines is 2. The molecule has 0 aromatic heterocycles. The highest BCUT2D eigenvalue weighted by Crippen LogP contribution is 2.59. The van der Waals surface area contributed by atoms with Gasteiger partial charge in [-0.15, -0.1) is 0 Å². The maximum Gasteiger partial charge on any atom is 0.304 e. The fraction of sp³-hybridized carbons (Fsp3) is 0.467. The summed E-state index contributed by atoms with van der Waals surface area (Å²) in [4.78, 5) is 54.2. The minimum absolute atomic E-state index is 0.0487. The van der Waals surface area contributed by atoms with Crippen LogP contribution in [0.4, 0.5) is 15.5 Å². The van der Waals surface area contributed by atoms with Gasteiger partial charge in [0, 0.05) is 48.4 Å². The number of halogens is 1. The second-order valence-electron chi connectivity index (χ2n) is 11.7. The van der Waals surface area contributed by atoms with Crippen LogP contribution in [-0.4, -0.2) is 67.6 Å². The van der Waals surface area contributed by atoms with Gasteiger partial charge in [0.15, 0.2) is 11.8 Å². The highest BCUT2D eigenvalue weighted by atomic mass is 28.4. The number of fused-ring (bicyclic) bond motifs is 2. The zero-order valence-corrected chi connectivity index (χ0v) is 25.1. The maximum absolute atomic E-state index is 16.0. The molecule has 5 atom stereocenters. The van der Waals surface area contributed by atoms with Crippen LogP contribution in [0.1, 0.15) is 37.8 Å². The number of nitrogens with one attached hydrogen (secondary N) is 1. The first kappa shape index (κ1) is 29.9. The van der Waals surface area contributed by atoms with E-state index in [1.165, 1.54) is 16.7 Å². The van der Waals surface area contributed by atoms with Gasteiger partial charge in [-0.2, -0.15) is 0 Å². The van der Waals surface area contributed by atoms with Crippen LogP contribution in [0, 0.1) is 5.92 Å². The lowest BCUT2D eigenvalue weighted by Crippen LogP contribution is -2.55. The average molecular weight is 598 g/mol. The molecule has 3 aliphatic heterocycles. The van der Waals surface area contributed by atoms with Crippen molar-refractivity contribution >= 4 is 43.5 Å². The van der Waals surface area contributed by atoms with Crippen molar-refractivity contribution in [3.63, 3.8) is 0 Å².